The van der Waals surface area contributed by atoms with Crippen molar-refractivity contribution in [2.75, 3.05) is 0 Å². The number of hydrogen-bond donors (Lipinski definition) is 0. The minimum Gasteiger partial charge on any atom is -0.275 e. The zero-order valence-electron chi connectivity index (χ0n) is 7.87. The molecule has 2 aromatic rings. The maximum atomic E-state index is 13.2. The van der Waals surface area contributed by atoms with Gasteiger partial charge < -0.3 is 0 Å². The zero-order valence-corrected chi connectivity index (χ0v) is 7.87. The van der Waals surface area contributed by atoms with E-state index in [4.69, 9.17) is 0 Å². The first-order valence-corrected chi connectivity index (χ1v) is 4.27. The van der Waals surface area contributed by atoms with E-state index < -0.39 is 0 Å². The van der Waals surface area contributed by atoms with Crippen LogP contribution in [-0.2, 0) is 7.05 Å². The van der Waals surface area contributed by atoms with Crippen LogP contribution in [0.4, 0.5) is 4.39 Å². The predicted octanol–water partition coefficient (Wildman–Crippen LogP) is 2.41. The molecule has 71 valence electrons. The van der Waals surface area contributed by atoms with Crippen LogP contribution in [-0.4, -0.2) is 9.78 Å². The SMILES string of the molecule is [CH2]c1ccc(-c2cnn(C)c2)cc1F. The number of benzene rings is 1. The highest BCUT2D eigenvalue weighted by Gasteiger charge is 2.03. The molecule has 0 spiro atoms. The Bertz CT molecular complexity index is 460. The first-order chi connectivity index (χ1) is 6.66. The Kier molecular flexibility index (Phi) is 2.08. The van der Waals surface area contributed by atoms with Gasteiger partial charge in [0.1, 0.15) is 5.82 Å². The summed E-state index contributed by atoms with van der Waals surface area (Å²) in [5.41, 5.74) is 2.15. The largest absolute Gasteiger partial charge is 0.275 e. The summed E-state index contributed by atoms with van der Waals surface area (Å²) in [7, 11) is 1.83. The molecule has 0 aliphatic rings. The molecule has 3 heteroatoms. The van der Waals surface area contributed by atoms with E-state index in [1.807, 2.05) is 19.3 Å². The van der Waals surface area contributed by atoms with Crippen LogP contribution in [0.3, 0.4) is 0 Å². The summed E-state index contributed by atoms with van der Waals surface area (Å²) in [6.07, 6.45) is 3.55. The third-order valence-electron chi connectivity index (χ3n) is 2.09. The molecule has 0 N–H and O–H groups in total. The lowest BCUT2D eigenvalue weighted by molar-refractivity contribution is 0.623. The topological polar surface area (TPSA) is 17.8 Å². The van der Waals surface area contributed by atoms with Gasteiger partial charge in [0.25, 0.3) is 0 Å². The number of nitrogens with zero attached hydrogens (tertiary/aromatic N) is 2. The average Bonchev–Trinajstić information content (AvgIpc) is 2.57. The zero-order chi connectivity index (χ0) is 10.1. The van der Waals surface area contributed by atoms with E-state index in [0.717, 1.165) is 11.1 Å². The van der Waals surface area contributed by atoms with Crippen LogP contribution in [0.25, 0.3) is 11.1 Å². The minimum atomic E-state index is -0.286. The van der Waals surface area contributed by atoms with Crippen molar-refractivity contribution in [2.24, 2.45) is 7.05 Å². The Morgan fingerprint density at radius 1 is 1.36 bits per heavy atom. The van der Waals surface area contributed by atoms with Crippen LogP contribution >= 0.6 is 0 Å². The molecule has 1 aromatic heterocycles. The van der Waals surface area contributed by atoms with Crippen molar-refractivity contribution in [3.8, 4) is 11.1 Å². The van der Waals surface area contributed by atoms with Crippen molar-refractivity contribution in [1.29, 1.82) is 0 Å². The van der Waals surface area contributed by atoms with Gasteiger partial charge in [0.05, 0.1) is 6.20 Å². The van der Waals surface area contributed by atoms with Gasteiger partial charge in [0.2, 0.25) is 0 Å². The second kappa shape index (κ2) is 3.25. The first kappa shape index (κ1) is 8.94. The van der Waals surface area contributed by atoms with E-state index in [2.05, 4.69) is 12.0 Å². The van der Waals surface area contributed by atoms with E-state index in [1.165, 1.54) is 6.07 Å². The van der Waals surface area contributed by atoms with Crippen LogP contribution in [0.5, 0.6) is 0 Å². The fourth-order valence-electron chi connectivity index (χ4n) is 1.30. The molecule has 0 saturated heterocycles. The summed E-state index contributed by atoms with van der Waals surface area (Å²) in [4.78, 5) is 0. The van der Waals surface area contributed by atoms with Gasteiger partial charge in [0.15, 0.2) is 0 Å². The van der Waals surface area contributed by atoms with E-state index in [0.29, 0.717) is 5.56 Å². The number of aryl methyl sites for hydroxylation is 1. The van der Waals surface area contributed by atoms with E-state index in [9.17, 15) is 4.39 Å². The Balaban J connectivity index is 2.47. The fraction of sp³-hybridized carbons (Fsp3) is 0.0909. The van der Waals surface area contributed by atoms with Gasteiger partial charge in [-0.1, -0.05) is 12.1 Å². The summed E-state index contributed by atoms with van der Waals surface area (Å²) in [5, 5.41) is 4.02. The predicted molar refractivity (Wildman–Crippen MR) is 53.1 cm³/mol. The molecule has 0 aliphatic carbocycles. The van der Waals surface area contributed by atoms with E-state index in [-0.39, 0.29) is 5.82 Å². The molecule has 0 amide bonds. The van der Waals surface area contributed by atoms with Crippen molar-refractivity contribution >= 4 is 0 Å². The molecule has 2 rings (SSSR count). The van der Waals surface area contributed by atoms with Gasteiger partial charge in [-0.05, 0) is 24.1 Å². The van der Waals surface area contributed by atoms with E-state index in [1.54, 1.807) is 16.9 Å². The molecule has 0 bridgehead atoms. The van der Waals surface area contributed by atoms with Gasteiger partial charge in [0, 0.05) is 18.8 Å². The molecule has 1 radical (unpaired) electrons. The number of aromatic nitrogens is 2. The van der Waals surface area contributed by atoms with Crippen molar-refractivity contribution in [1.82, 2.24) is 9.78 Å². The lowest BCUT2D eigenvalue weighted by Crippen LogP contribution is -1.85. The maximum absolute atomic E-state index is 13.2. The van der Waals surface area contributed by atoms with Gasteiger partial charge in [-0.3, -0.25) is 4.68 Å². The first-order valence-electron chi connectivity index (χ1n) is 4.27. The molecule has 0 saturated carbocycles. The second-order valence-electron chi connectivity index (χ2n) is 3.21. The smallest absolute Gasteiger partial charge is 0.127 e. The van der Waals surface area contributed by atoms with Crippen LogP contribution in [0, 0.1) is 12.7 Å². The highest BCUT2D eigenvalue weighted by Crippen LogP contribution is 2.20. The van der Waals surface area contributed by atoms with Crippen LogP contribution in [0.2, 0.25) is 0 Å². The van der Waals surface area contributed by atoms with Crippen molar-refractivity contribution in [2.45, 2.75) is 0 Å². The molecule has 0 aliphatic heterocycles. The van der Waals surface area contributed by atoms with E-state index >= 15 is 0 Å². The van der Waals surface area contributed by atoms with Crippen LogP contribution in [0.15, 0.2) is 30.6 Å². The highest BCUT2D eigenvalue weighted by atomic mass is 19.1. The third-order valence-corrected chi connectivity index (χ3v) is 2.09. The van der Waals surface area contributed by atoms with Crippen molar-refractivity contribution < 1.29 is 4.39 Å². The molecule has 14 heavy (non-hydrogen) atoms. The molecular formula is C11H10FN2. The van der Waals surface area contributed by atoms with Gasteiger partial charge in [-0.25, -0.2) is 4.39 Å². The number of halogens is 1. The van der Waals surface area contributed by atoms with Crippen LogP contribution < -0.4 is 0 Å². The van der Waals surface area contributed by atoms with Gasteiger partial charge >= 0.3 is 0 Å². The molecule has 0 unspecified atom stereocenters. The Labute approximate surface area is 82.0 Å². The van der Waals surface area contributed by atoms with Crippen LogP contribution in [0.1, 0.15) is 5.56 Å². The van der Waals surface area contributed by atoms with Gasteiger partial charge in [-0.15, -0.1) is 0 Å². The average molecular weight is 189 g/mol. The summed E-state index contributed by atoms with van der Waals surface area (Å²) in [6.45, 7) is 3.56. The lowest BCUT2D eigenvalue weighted by atomic mass is 10.1. The third kappa shape index (κ3) is 1.53. The summed E-state index contributed by atoms with van der Waals surface area (Å²) >= 11 is 0. The normalized spacial score (nSPS) is 10.5. The molecule has 2 nitrogen and oxygen atoms in total. The Hall–Kier alpha value is -1.64. The van der Waals surface area contributed by atoms with Crippen molar-refractivity contribution in [3.63, 3.8) is 0 Å². The van der Waals surface area contributed by atoms with Crippen molar-refractivity contribution in [3.05, 3.63) is 48.9 Å². The number of hydrogen-bond acceptors (Lipinski definition) is 1. The molecule has 1 aromatic carbocycles. The Morgan fingerprint density at radius 2 is 2.14 bits per heavy atom. The highest BCUT2D eigenvalue weighted by molar-refractivity contribution is 5.62. The van der Waals surface area contributed by atoms with Gasteiger partial charge in [-0.2, -0.15) is 5.10 Å². The lowest BCUT2D eigenvalue weighted by Gasteiger charge is -1.99. The summed E-state index contributed by atoms with van der Waals surface area (Å²) in [6, 6.07) is 4.97. The summed E-state index contributed by atoms with van der Waals surface area (Å²) < 4.78 is 14.9. The molecular weight excluding hydrogens is 179 g/mol. The fourth-order valence-corrected chi connectivity index (χ4v) is 1.30. The standard InChI is InChI=1S/C11H10FN2/c1-8-3-4-9(5-11(8)12)10-6-13-14(2)7-10/h3-7H,1H2,2H3. The monoisotopic (exact) mass is 189 g/mol. The Morgan fingerprint density at radius 3 is 2.71 bits per heavy atom. The molecule has 0 fully saturated rings. The minimum absolute atomic E-state index is 0.286. The quantitative estimate of drug-likeness (QED) is 0.673. The number of rotatable bonds is 1. The molecule has 1 heterocycles. The second-order valence-corrected chi connectivity index (χ2v) is 3.21. The molecule has 0 atom stereocenters. The maximum Gasteiger partial charge on any atom is 0.127 e. The summed E-state index contributed by atoms with van der Waals surface area (Å²) in [5.74, 6) is -0.286.